The van der Waals surface area contributed by atoms with E-state index in [1.807, 2.05) is 0 Å². The lowest BCUT2D eigenvalue weighted by atomic mass is 9.81. The van der Waals surface area contributed by atoms with Gasteiger partial charge in [-0.2, -0.15) is 0 Å². The molecule has 1 amide bonds. The van der Waals surface area contributed by atoms with Crippen LogP contribution in [-0.4, -0.2) is 35.7 Å². The summed E-state index contributed by atoms with van der Waals surface area (Å²) in [7, 11) is 0. The Labute approximate surface area is 142 Å². The number of carboxylic acid groups (broad SMARTS) is 1. The highest BCUT2D eigenvalue weighted by molar-refractivity contribution is 9.10. The van der Waals surface area contributed by atoms with Gasteiger partial charge in [-0.15, -0.1) is 0 Å². The smallest absolute Gasteiger partial charge is 0.329 e. The van der Waals surface area contributed by atoms with Gasteiger partial charge in [-0.1, -0.05) is 19.3 Å². The molecule has 6 nitrogen and oxygen atoms in total. The van der Waals surface area contributed by atoms with Crippen LogP contribution in [0, 0.1) is 0 Å². The molecule has 2 N–H and O–H groups in total. The molecule has 0 radical (unpaired) electrons. The van der Waals surface area contributed by atoms with E-state index in [-0.39, 0.29) is 0 Å². The van der Waals surface area contributed by atoms with E-state index in [0.29, 0.717) is 47.6 Å². The molecule has 1 aromatic rings. The van der Waals surface area contributed by atoms with Gasteiger partial charge in [-0.3, -0.25) is 4.79 Å². The van der Waals surface area contributed by atoms with Crippen LogP contribution in [-0.2, 0) is 4.79 Å². The highest BCUT2D eigenvalue weighted by Gasteiger charge is 2.41. The van der Waals surface area contributed by atoms with Gasteiger partial charge in [0.1, 0.15) is 18.8 Å². The number of carboxylic acids is 1. The molecule has 0 spiro atoms. The maximum Gasteiger partial charge on any atom is 0.329 e. The molecule has 124 valence electrons. The lowest BCUT2D eigenvalue weighted by Crippen LogP contribution is -2.55. The molecule has 0 atom stereocenters. The minimum absolute atomic E-state index is 0.354. The predicted octanol–water partition coefficient (Wildman–Crippen LogP) is 2.74. The summed E-state index contributed by atoms with van der Waals surface area (Å²) in [6.07, 6.45) is 3.52. The Morgan fingerprint density at radius 2 is 1.83 bits per heavy atom. The third-order valence-electron chi connectivity index (χ3n) is 4.33. The van der Waals surface area contributed by atoms with Crippen LogP contribution in [0.25, 0.3) is 0 Å². The van der Waals surface area contributed by atoms with Crippen molar-refractivity contribution in [1.82, 2.24) is 5.32 Å². The number of carbonyl (C=O) groups excluding carboxylic acids is 1. The van der Waals surface area contributed by atoms with E-state index in [1.165, 1.54) is 0 Å². The zero-order chi connectivity index (χ0) is 16.4. The molecule has 1 aliphatic carbocycles. The molecule has 0 bridgehead atoms. The van der Waals surface area contributed by atoms with Crippen LogP contribution >= 0.6 is 15.9 Å². The van der Waals surface area contributed by atoms with E-state index in [0.717, 1.165) is 19.3 Å². The summed E-state index contributed by atoms with van der Waals surface area (Å²) < 4.78 is 11.6. The van der Waals surface area contributed by atoms with Gasteiger partial charge in [-0.25, -0.2) is 4.79 Å². The van der Waals surface area contributed by atoms with E-state index >= 15 is 0 Å². The summed E-state index contributed by atoms with van der Waals surface area (Å²) >= 11 is 3.37. The molecule has 3 rings (SSSR count). The fraction of sp³-hybridized carbons (Fsp3) is 0.500. The zero-order valence-corrected chi connectivity index (χ0v) is 14.1. The Morgan fingerprint density at radius 1 is 1.13 bits per heavy atom. The number of ether oxygens (including phenoxy) is 2. The van der Waals surface area contributed by atoms with Gasteiger partial charge in [0.15, 0.2) is 11.5 Å². The maximum atomic E-state index is 12.6. The molecule has 7 heteroatoms. The maximum absolute atomic E-state index is 12.6. The molecule has 2 aliphatic rings. The topological polar surface area (TPSA) is 84.9 Å². The molecule has 0 unspecified atom stereocenters. The van der Waals surface area contributed by atoms with Crippen molar-refractivity contribution in [3.05, 3.63) is 22.2 Å². The summed E-state index contributed by atoms with van der Waals surface area (Å²) in [5, 5.41) is 12.3. The van der Waals surface area contributed by atoms with Crippen LogP contribution < -0.4 is 14.8 Å². The molecule has 0 saturated heterocycles. The number of hydrogen-bond acceptors (Lipinski definition) is 4. The highest BCUT2D eigenvalue weighted by Crippen LogP contribution is 2.39. The molecular formula is C16H18BrNO5. The molecule has 1 heterocycles. The van der Waals surface area contributed by atoms with Gasteiger partial charge in [0.2, 0.25) is 0 Å². The second-order valence-electron chi connectivity index (χ2n) is 5.88. The minimum Gasteiger partial charge on any atom is -0.486 e. The Kier molecular flexibility index (Phi) is 4.48. The van der Waals surface area contributed by atoms with Gasteiger partial charge in [0.25, 0.3) is 5.91 Å². The van der Waals surface area contributed by atoms with Crippen LogP contribution in [0.15, 0.2) is 16.6 Å². The second-order valence-corrected chi connectivity index (χ2v) is 6.74. The van der Waals surface area contributed by atoms with Gasteiger partial charge >= 0.3 is 5.97 Å². The summed E-state index contributed by atoms with van der Waals surface area (Å²) in [4.78, 5) is 24.2. The van der Waals surface area contributed by atoms with Crippen molar-refractivity contribution in [2.75, 3.05) is 13.2 Å². The lowest BCUT2D eigenvalue weighted by molar-refractivity contribution is -0.145. The fourth-order valence-electron chi connectivity index (χ4n) is 3.08. The second kappa shape index (κ2) is 6.39. The number of hydrogen-bond donors (Lipinski definition) is 2. The fourth-order valence-corrected chi connectivity index (χ4v) is 3.64. The zero-order valence-electron chi connectivity index (χ0n) is 12.6. The number of rotatable bonds is 3. The number of nitrogens with one attached hydrogen (secondary N) is 1. The van der Waals surface area contributed by atoms with Crippen molar-refractivity contribution in [2.24, 2.45) is 0 Å². The Bertz CT molecular complexity index is 640. The van der Waals surface area contributed by atoms with Crippen LogP contribution in [0.3, 0.4) is 0 Å². The number of fused-ring (bicyclic) bond motifs is 1. The van der Waals surface area contributed by atoms with E-state index in [4.69, 9.17) is 9.47 Å². The van der Waals surface area contributed by atoms with Crippen molar-refractivity contribution in [3.8, 4) is 11.5 Å². The van der Waals surface area contributed by atoms with Crippen LogP contribution in [0.5, 0.6) is 11.5 Å². The van der Waals surface area contributed by atoms with Crippen molar-refractivity contribution in [1.29, 1.82) is 0 Å². The van der Waals surface area contributed by atoms with Crippen molar-refractivity contribution in [3.63, 3.8) is 0 Å². The number of amides is 1. The van der Waals surface area contributed by atoms with E-state index < -0.39 is 17.4 Å². The van der Waals surface area contributed by atoms with Gasteiger partial charge in [0, 0.05) is 5.56 Å². The first-order chi connectivity index (χ1) is 11.0. The molecule has 1 saturated carbocycles. The third-order valence-corrected chi connectivity index (χ3v) is 4.92. The standard InChI is InChI=1S/C16H18BrNO5/c17-11-8-10(9-12-13(11)23-7-6-22-12)14(19)18-16(15(20)21)4-2-1-3-5-16/h8-9H,1-7H2,(H,18,19)(H,20,21). The average Bonchev–Trinajstić information content (AvgIpc) is 2.55. The monoisotopic (exact) mass is 383 g/mol. The summed E-state index contributed by atoms with van der Waals surface area (Å²) in [5.74, 6) is -0.323. The first-order valence-electron chi connectivity index (χ1n) is 7.67. The summed E-state index contributed by atoms with van der Waals surface area (Å²) in [6.45, 7) is 0.878. The summed E-state index contributed by atoms with van der Waals surface area (Å²) in [6, 6.07) is 3.22. The molecule has 1 aromatic carbocycles. The molecule has 1 aliphatic heterocycles. The first kappa shape index (κ1) is 16.1. The minimum atomic E-state index is -1.17. The van der Waals surface area contributed by atoms with Crippen LogP contribution in [0.4, 0.5) is 0 Å². The number of halogens is 1. The Balaban J connectivity index is 1.85. The first-order valence-corrected chi connectivity index (χ1v) is 8.46. The highest BCUT2D eigenvalue weighted by atomic mass is 79.9. The molecule has 1 fully saturated rings. The van der Waals surface area contributed by atoms with Crippen molar-refractivity contribution < 1.29 is 24.2 Å². The number of aliphatic carboxylic acids is 1. The van der Waals surface area contributed by atoms with E-state index in [9.17, 15) is 14.7 Å². The summed E-state index contributed by atoms with van der Waals surface area (Å²) in [5.41, 5.74) is -0.818. The lowest BCUT2D eigenvalue weighted by Gasteiger charge is -2.34. The van der Waals surface area contributed by atoms with Gasteiger partial charge in [-0.05, 0) is 40.9 Å². The normalized spacial score (nSPS) is 19.0. The predicted molar refractivity (Wildman–Crippen MR) is 86.1 cm³/mol. The van der Waals surface area contributed by atoms with Gasteiger partial charge < -0.3 is 19.9 Å². The Hall–Kier alpha value is -1.76. The molecular weight excluding hydrogens is 366 g/mol. The van der Waals surface area contributed by atoms with Crippen LogP contribution in [0.1, 0.15) is 42.5 Å². The quantitative estimate of drug-likeness (QED) is 0.837. The average molecular weight is 384 g/mol. The SMILES string of the molecule is O=C(NC1(C(=O)O)CCCCC1)c1cc(Br)c2c(c1)OCCO2. The largest absolute Gasteiger partial charge is 0.486 e. The van der Waals surface area contributed by atoms with Crippen LogP contribution in [0.2, 0.25) is 0 Å². The molecule has 23 heavy (non-hydrogen) atoms. The van der Waals surface area contributed by atoms with Crippen molar-refractivity contribution in [2.45, 2.75) is 37.6 Å². The third kappa shape index (κ3) is 3.15. The van der Waals surface area contributed by atoms with E-state index in [1.54, 1.807) is 12.1 Å². The number of benzene rings is 1. The molecule has 0 aromatic heterocycles. The van der Waals surface area contributed by atoms with Gasteiger partial charge in [0.05, 0.1) is 4.47 Å². The Morgan fingerprint density at radius 3 is 2.52 bits per heavy atom. The van der Waals surface area contributed by atoms with E-state index in [2.05, 4.69) is 21.2 Å². The van der Waals surface area contributed by atoms with Crippen molar-refractivity contribution >= 4 is 27.8 Å². The number of carbonyl (C=O) groups is 2.